The van der Waals surface area contributed by atoms with Gasteiger partial charge in [0.2, 0.25) is 0 Å². The number of benzene rings is 2. The molecular weight excluding hydrogens is 332 g/mol. The molecule has 2 aromatic carbocycles. The fraction of sp³-hybridized carbons (Fsp3) is 0.150. The Morgan fingerprint density at radius 2 is 1.64 bits per heavy atom. The first-order valence-corrected chi connectivity index (χ1v) is 9.83. The van der Waals surface area contributed by atoms with Gasteiger partial charge in [0.05, 0.1) is 11.4 Å². The molecule has 1 heterocycles. The summed E-state index contributed by atoms with van der Waals surface area (Å²) in [7, 11) is -3.21. The standard InChI is InChI=1S/C20H20N2O2S/c1-4-13-22-14-19(16-7-5-15(2)6-8-16)20(21-22)17-9-11-18(12-10-17)25(3,23)24/h4-12,14H,1,13H2,2-3H3. The Labute approximate surface area is 148 Å². The second-order valence-corrected chi connectivity index (χ2v) is 8.08. The smallest absolute Gasteiger partial charge is 0.175 e. The third-order valence-corrected chi connectivity index (χ3v) is 5.12. The van der Waals surface area contributed by atoms with E-state index in [-0.39, 0.29) is 0 Å². The van der Waals surface area contributed by atoms with Gasteiger partial charge in [0.15, 0.2) is 9.84 Å². The number of rotatable bonds is 5. The lowest BCUT2D eigenvalue weighted by Gasteiger charge is -2.05. The molecule has 0 aliphatic heterocycles. The van der Waals surface area contributed by atoms with Gasteiger partial charge in [-0.05, 0) is 24.6 Å². The van der Waals surface area contributed by atoms with E-state index in [0.29, 0.717) is 11.4 Å². The van der Waals surface area contributed by atoms with E-state index in [1.807, 2.05) is 10.9 Å². The van der Waals surface area contributed by atoms with Crippen molar-refractivity contribution in [2.24, 2.45) is 0 Å². The summed E-state index contributed by atoms with van der Waals surface area (Å²) in [5.41, 5.74) is 4.98. The van der Waals surface area contributed by atoms with Gasteiger partial charge in [0.25, 0.3) is 0 Å². The molecule has 1 aromatic heterocycles. The minimum atomic E-state index is -3.21. The number of aromatic nitrogens is 2. The topological polar surface area (TPSA) is 52.0 Å². The van der Waals surface area contributed by atoms with Gasteiger partial charge >= 0.3 is 0 Å². The highest BCUT2D eigenvalue weighted by Crippen LogP contribution is 2.31. The summed E-state index contributed by atoms with van der Waals surface area (Å²) in [6.07, 6.45) is 4.99. The van der Waals surface area contributed by atoms with Crippen molar-refractivity contribution in [3.63, 3.8) is 0 Å². The molecule has 4 nitrogen and oxygen atoms in total. The van der Waals surface area contributed by atoms with Crippen molar-refractivity contribution < 1.29 is 8.42 Å². The molecule has 128 valence electrons. The van der Waals surface area contributed by atoms with E-state index < -0.39 is 9.84 Å². The molecule has 0 radical (unpaired) electrons. The van der Waals surface area contributed by atoms with Crippen LogP contribution in [0.3, 0.4) is 0 Å². The van der Waals surface area contributed by atoms with Crippen LogP contribution in [-0.2, 0) is 16.4 Å². The van der Waals surface area contributed by atoms with E-state index >= 15 is 0 Å². The first-order chi connectivity index (χ1) is 11.9. The van der Waals surface area contributed by atoms with Crippen LogP contribution in [0, 0.1) is 6.92 Å². The van der Waals surface area contributed by atoms with Gasteiger partial charge in [-0.25, -0.2) is 8.42 Å². The Hall–Kier alpha value is -2.66. The lowest BCUT2D eigenvalue weighted by atomic mass is 10.0. The number of hydrogen-bond donors (Lipinski definition) is 0. The molecule has 0 unspecified atom stereocenters. The van der Waals surface area contributed by atoms with Crippen molar-refractivity contribution in [1.29, 1.82) is 0 Å². The zero-order chi connectivity index (χ0) is 18.0. The highest BCUT2D eigenvalue weighted by atomic mass is 32.2. The van der Waals surface area contributed by atoms with Crippen molar-refractivity contribution in [1.82, 2.24) is 9.78 Å². The number of hydrogen-bond acceptors (Lipinski definition) is 3. The van der Waals surface area contributed by atoms with E-state index in [1.165, 1.54) is 11.8 Å². The third-order valence-electron chi connectivity index (χ3n) is 4.00. The minimum absolute atomic E-state index is 0.304. The molecule has 0 bridgehead atoms. The predicted molar refractivity (Wildman–Crippen MR) is 101 cm³/mol. The van der Waals surface area contributed by atoms with Crippen molar-refractivity contribution in [2.75, 3.05) is 6.26 Å². The molecule has 0 N–H and O–H groups in total. The van der Waals surface area contributed by atoms with Gasteiger partial charge in [-0.3, -0.25) is 4.68 Å². The molecule has 0 fully saturated rings. The third kappa shape index (κ3) is 3.72. The number of sulfone groups is 1. The average molecular weight is 352 g/mol. The quantitative estimate of drug-likeness (QED) is 0.649. The summed E-state index contributed by atoms with van der Waals surface area (Å²) in [6.45, 7) is 6.43. The molecule has 0 aliphatic rings. The fourth-order valence-corrected chi connectivity index (χ4v) is 3.30. The van der Waals surface area contributed by atoms with Crippen LogP contribution in [0.1, 0.15) is 5.56 Å². The zero-order valence-corrected chi connectivity index (χ0v) is 15.1. The zero-order valence-electron chi connectivity index (χ0n) is 14.3. The van der Waals surface area contributed by atoms with Crippen molar-refractivity contribution in [2.45, 2.75) is 18.4 Å². The second kappa shape index (κ2) is 6.69. The van der Waals surface area contributed by atoms with E-state index in [2.05, 4.69) is 42.9 Å². The van der Waals surface area contributed by atoms with Gasteiger partial charge in [0, 0.05) is 23.6 Å². The highest BCUT2D eigenvalue weighted by molar-refractivity contribution is 7.90. The van der Waals surface area contributed by atoms with Gasteiger partial charge in [-0.1, -0.05) is 48.0 Å². The van der Waals surface area contributed by atoms with Crippen LogP contribution in [-0.4, -0.2) is 24.5 Å². The molecule has 3 rings (SSSR count). The summed E-state index contributed by atoms with van der Waals surface area (Å²) in [5, 5.41) is 4.66. The van der Waals surface area contributed by atoms with Crippen LogP contribution in [0.5, 0.6) is 0 Å². The van der Waals surface area contributed by atoms with E-state index in [9.17, 15) is 8.42 Å². The molecule has 3 aromatic rings. The van der Waals surface area contributed by atoms with E-state index in [4.69, 9.17) is 0 Å². The molecular formula is C20H20N2O2S. The Morgan fingerprint density at radius 3 is 2.20 bits per heavy atom. The van der Waals surface area contributed by atoms with Crippen molar-refractivity contribution in [3.8, 4) is 22.4 Å². The molecule has 5 heteroatoms. The molecule has 25 heavy (non-hydrogen) atoms. The molecule has 0 saturated heterocycles. The Morgan fingerprint density at radius 1 is 1.04 bits per heavy atom. The molecule has 0 atom stereocenters. The maximum absolute atomic E-state index is 11.7. The average Bonchev–Trinajstić information content (AvgIpc) is 2.99. The van der Waals surface area contributed by atoms with Crippen LogP contribution in [0.2, 0.25) is 0 Å². The van der Waals surface area contributed by atoms with Crippen molar-refractivity contribution in [3.05, 3.63) is 72.9 Å². The fourth-order valence-electron chi connectivity index (χ4n) is 2.66. The number of nitrogens with zero attached hydrogens (tertiary/aromatic N) is 2. The van der Waals surface area contributed by atoms with E-state index in [1.54, 1.807) is 30.3 Å². The first-order valence-electron chi connectivity index (χ1n) is 7.94. The second-order valence-electron chi connectivity index (χ2n) is 6.06. The van der Waals surface area contributed by atoms with Crippen molar-refractivity contribution >= 4 is 9.84 Å². The molecule has 0 spiro atoms. The van der Waals surface area contributed by atoms with Gasteiger partial charge in [-0.15, -0.1) is 6.58 Å². The molecule has 0 amide bonds. The summed E-state index contributed by atoms with van der Waals surface area (Å²) >= 11 is 0. The van der Waals surface area contributed by atoms with Gasteiger partial charge in [-0.2, -0.15) is 5.10 Å². The van der Waals surface area contributed by atoms with Gasteiger partial charge in [0.1, 0.15) is 5.69 Å². The van der Waals surface area contributed by atoms with Gasteiger partial charge < -0.3 is 0 Å². The Bertz CT molecular complexity index is 999. The highest BCUT2D eigenvalue weighted by Gasteiger charge is 2.14. The van der Waals surface area contributed by atoms with Crippen LogP contribution < -0.4 is 0 Å². The monoisotopic (exact) mass is 352 g/mol. The van der Waals surface area contributed by atoms with Crippen LogP contribution in [0.4, 0.5) is 0 Å². The summed E-state index contributed by atoms with van der Waals surface area (Å²) in [4.78, 5) is 0.304. The van der Waals surface area contributed by atoms with Crippen LogP contribution in [0.25, 0.3) is 22.4 Å². The first kappa shape index (κ1) is 17.2. The molecule has 0 aliphatic carbocycles. The predicted octanol–water partition coefficient (Wildman–Crippen LogP) is 4.12. The largest absolute Gasteiger partial charge is 0.268 e. The lowest BCUT2D eigenvalue weighted by molar-refractivity contribution is 0.602. The number of aryl methyl sites for hydroxylation is 1. The summed E-state index contributed by atoms with van der Waals surface area (Å²) in [6, 6.07) is 15.1. The normalized spacial score (nSPS) is 11.4. The summed E-state index contributed by atoms with van der Waals surface area (Å²) in [5.74, 6) is 0. The Kier molecular flexibility index (Phi) is 4.59. The van der Waals surface area contributed by atoms with Crippen LogP contribution in [0.15, 0.2) is 72.3 Å². The number of allylic oxidation sites excluding steroid dienone is 1. The van der Waals surface area contributed by atoms with E-state index in [0.717, 1.165) is 22.4 Å². The minimum Gasteiger partial charge on any atom is -0.268 e. The maximum Gasteiger partial charge on any atom is 0.175 e. The summed E-state index contributed by atoms with van der Waals surface area (Å²) < 4.78 is 25.2. The van der Waals surface area contributed by atoms with Crippen LogP contribution >= 0.6 is 0 Å². The SMILES string of the molecule is C=CCn1cc(-c2ccc(C)cc2)c(-c2ccc(S(C)(=O)=O)cc2)n1. The lowest BCUT2D eigenvalue weighted by Crippen LogP contribution is -1.97. The molecule has 0 saturated carbocycles. The Balaban J connectivity index is 2.11. The maximum atomic E-state index is 11.7.